The molecular formula is C24H24N4O4. The smallest absolute Gasteiger partial charge is 0.241 e. The Bertz CT molecular complexity index is 1260. The van der Waals surface area contributed by atoms with Crippen molar-refractivity contribution in [1.29, 1.82) is 0 Å². The third-order valence-electron chi connectivity index (χ3n) is 5.96. The maximum atomic E-state index is 11.7. The van der Waals surface area contributed by atoms with Gasteiger partial charge in [0.15, 0.2) is 11.5 Å². The molecule has 2 atom stereocenters. The maximum absolute atomic E-state index is 11.7. The summed E-state index contributed by atoms with van der Waals surface area (Å²) in [5.41, 5.74) is 4.16. The third kappa shape index (κ3) is 3.47. The van der Waals surface area contributed by atoms with Gasteiger partial charge in [-0.25, -0.2) is 9.97 Å². The molecule has 164 valence electrons. The van der Waals surface area contributed by atoms with Gasteiger partial charge in [0, 0.05) is 30.1 Å². The Kier molecular flexibility index (Phi) is 5.05. The van der Waals surface area contributed by atoms with Crippen LogP contribution >= 0.6 is 0 Å². The van der Waals surface area contributed by atoms with Crippen LogP contribution in [0.15, 0.2) is 48.8 Å². The zero-order valence-electron chi connectivity index (χ0n) is 18.2. The van der Waals surface area contributed by atoms with Crippen LogP contribution in [0.2, 0.25) is 0 Å². The van der Waals surface area contributed by atoms with E-state index in [4.69, 9.17) is 19.2 Å². The summed E-state index contributed by atoms with van der Waals surface area (Å²) in [6.45, 7) is 2.58. The van der Waals surface area contributed by atoms with E-state index in [0.29, 0.717) is 36.0 Å². The Morgan fingerprint density at radius 3 is 2.66 bits per heavy atom. The second-order valence-electron chi connectivity index (χ2n) is 7.91. The van der Waals surface area contributed by atoms with Crippen LogP contribution in [0.5, 0.6) is 17.4 Å². The van der Waals surface area contributed by atoms with Gasteiger partial charge in [0.1, 0.15) is 17.9 Å². The molecule has 1 amide bonds. The molecule has 3 heterocycles. The average Bonchev–Trinajstić information content (AvgIpc) is 3.38. The van der Waals surface area contributed by atoms with Crippen molar-refractivity contribution in [3.8, 4) is 28.6 Å². The van der Waals surface area contributed by atoms with Gasteiger partial charge in [0.2, 0.25) is 11.8 Å². The first-order valence-corrected chi connectivity index (χ1v) is 10.5. The van der Waals surface area contributed by atoms with Crippen LogP contribution in [0.4, 0.5) is 0 Å². The molecule has 1 fully saturated rings. The third-order valence-corrected chi connectivity index (χ3v) is 5.96. The lowest BCUT2D eigenvalue weighted by molar-refractivity contribution is -0.119. The fraction of sp³-hybridized carbons (Fsp3) is 0.292. The molecule has 0 spiro atoms. The highest BCUT2D eigenvalue weighted by atomic mass is 16.5. The lowest BCUT2D eigenvalue weighted by Gasteiger charge is -2.21. The first-order chi connectivity index (χ1) is 15.6. The molecule has 2 aliphatic rings. The molecular weight excluding hydrogens is 408 g/mol. The van der Waals surface area contributed by atoms with E-state index < -0.39 is 0 Å². The number of pyridine rings is 1. The second kappa shape index (κ2) is 8.03. The number of nitrogens with one attached hydrogen (secondary N) is 1. The topological polar surface area (TPSA) is 87.5 Å². The highest BCUT2D eigenvalue weighted by molar-refractivity contribution is 5.89. The number of hydrogen-bond acceptors (Lipinski definition) is 6. The molecule has 0 saturated carbocycles. The van der Waals surface area contributed by atoms with Gasteiger partial charge in [-0.15, -0.1) is 0 Å². The van der Waals surface area contributed by atoms with Gasteiger partial charge in [-0.1, -0.05) is 6.08 Å². The molecule has 1 N–H and O–H groups in total. The number of hydrogen-bond donors (Lipinski definition) is 1. The van der Waals surface area contributed by atoms with Crippen molar-refractivity contribution in [2.75, 3.05) is 20.8 Å². The molecule has 0 bridgehead atoms. The van der Waals surface area contributed by atoms with Crippen molar-refractivity contribution in [3.05, 3.63) is 48.8 Å². The second-order valence-corrected chi connectivity index (χ2v) is 7.91. The minimum atomic E-state index is -0.195. The van der Waals surface area contributed by atoms with Crippen LogP contribution in [0, 0.1) is 5.92 Å². The van der Waals surface area contributed by atoms with Gasteiger partial charge in [-0.3, -0.25) is 9.36 Å². The number of aromatic nitrogens is 3. The molecule has 1 saturated heterocycles. The van der Waals surface area contributed by atoms with Crippen molar-refractivity contribution in [2.45, 2.75) is 19.4 Å². The molecule has 1 aromatic carbocycles. The van der Waals surface area contributed by atoms with E-state index >= 15 is 0 Å². The summed E-state index contributed by atoms with van der Waals surface area (Å²) in [5.74, 6) is 1.89. The van der Waals surface area contributed by atoms with E-state index in [-0.39, 0.29) is 17.9 Å². The number of fused-ring (bicyclic) bond motifs is 1. The fourth-order valence-electron chi connectivity index (χ4n) is 4.00. The van der Waals surface area contributed by atoms with Crippen LogP contribution in [0.3, 0.4) is 0 Å². The van der Waals surface area contributed by atoms with E-state index in [0.717, 1.165) is 22.3 Å². The summed E-state index contributed by atoms with van der Waals surface area (Å²) < 4.78 is 19.2. The molecule has 3 aromatic rings. The van der Waals surface area contributed by atoms with Crippen molar-refractivity contribution in [2.24, 2.45) is 5.92 Å². The Morgan fingerprint density at radius 2 is 2.00 bits per heavy atom. The normalized spacial score (nSPS) is 18.2. The Labute approximate surface area is 185 Å². The first kappa shape index (κ1) is 20.1. The number of nitrogens with zero attached hydrogens (tertiary/aromatic N) is 3. The number of methoxy groups -OCH3 is 2. The molecule has 0 unspecified atom stereocenters. The van der Waals surface area contributed by atoms with Crippen molar-refractivity contribution in [1.82, 2.24) is 19.9 Å². The minimum absolute atomic E-state index is 0.0532. The maximum Gasteiger partial charge on any atom is 0.241 e. The molecule has 0 radical (unpaired) electrons. The predicted octanol–water partition coefficient (Wildman–Crippen LogP) is 3.43. The Hall–Kier alpha value is -3.81. The van der Waals surface area contributed by atoms with Crippen LogP contribution in [0.25, 0.3) is 28.0 Å². The summed E-state index contributed by atoms with van der Waals surface area (Å²) in [4.78, 5) is 21.2. The van der Waals surface area contributed by atoms with E-state index in [1.165, 1.54) is 0 Å². The number of allylic oxidation sites excluding steroid dienone is 4. The highest BCUT2D eigenvalue weighted by Crippen LogP contribution is 2.36. The summed E-state index contributed by atoms with van der Waals surface area (Å²) in [6, 6.07) is 7.60. The summed E-state index contributed by atoms with van der Waals surface area (Å²) in [7, 11) is 3.21. The van der Waals surface area contributed by atoms with Gasteiger partial charge in [0.05, 0.1) is 25.4 Å². The summed E-state index contributed by atoms with van der Waals surface area (Å²) >= 11 is 0. The SMILES string of the molecule is COc1ccc(-c2cc3ncn(C4=CC=C4)c3c(O[C@H](C)[C@H]3CNC(=O)C3)n2)cc1OC. The van der Waals surface area contributed by atoms with Crippen LogP contribution < -0.4 is 19.5 Å². The quantitative estimate of drug-likeness (QED) is 0.616. The zero-order chi connectivity index (χ0) is 22.2. The van der Waals surface area contributed by atoms with Crippen molar-refractivity contribution < 1.29 is 19.0 Å². The lowest BCUT2D eigenvalue weighted by atomic mass is 10.0. The standard InChI is InChI=1S/C24H24N4O4/c1-14(16-10-22(29)25-12-16)32-24-23-19(26-13-28(23)17-5-4-6-17)11-18(27-24)15-7-8-20(30-2)21(9-15)31-3/h4-9,11,13-14,16H,10,12H2,1-3H3,(H,25,29)/t14-,16-/m1/s1. The Morgan fingerprint density at radius 1 is 1.19 bits per heavy atom. The number of carbonyl (C=O) groups is 1. The van der Waals surface area contributed by atoms with E-state index in [1.54, 1.807) is 20.5 Å². The number of benzene rings is 1. The van der Waals surface area contributed by atoms with Gasteiger partial charge in [0.25, 0.3) is 0 Å². The number of ether oxygens (including phenoxy) is 3. The van der Waals surface area contributed by atoms with Crippen LogP contribution in [-0.4, -0.2) is 47.3 Å². The van der Waals surface area contributed by atoms with Gasteiger partial charge < -0.3 is 19.5 Å². The highest BCUT2D eigenvalue weighted by Gasteiger charge is 2.29. The van der Waals surface area contributed by atoms with Gasteiger partial charge in [-0.05, 0) is 43.3 Å². The van der Waals surface area contributed by atoms with Crippen molar-refractivity contribution in [3.63, 3.8) is 0 Å². The van der Waals surface area contributed by atoms with E-state index in [2.05, 4.69) is 10.3 Å². The largest absolute Gasteiger partial charge is 0.493 e. The molecule has 32 heavy (non-hydrogen) atoms. The van der Waals surface area contributed by atoms with E-state index in [1.807, 2.05) is 54.0 Å². The minimum Gasteiger partial charge on any atom is -0.493 e. The monoisotopic (exact) mass is 432 g/mol. The molecule has 8 nitrogen and oxygen atoms in total. The summed E-state index contributed by atoms with van der Waals surface area (Å²) in [5, 5.41) is 2.88. The van der Waals surface area contributed by atoms with E-state index in [9.17, 15) is 4.79 Å². The number of rotatable bonds is 7. The fourth-order valence-corrected chi connectivity index (χ4v) is 4.00. The molecule has 2 aromatic heterocycles. The number of imidazole rings is 1. The molecule has 8 heteroatoms. The van der Waals surface area contributed by atoms with Crippen LogP contribution in [0.1, 0.15) is 13.3 Å². The number of amides is 1. The lowest BCUT2D eigenvalue weighted by Crippen LogP contribution is -2.26. The number of carbonyl (C=O) groups excluding carboxylic acids is 1. The van der Waals surface area contributed by atoms with Crippen LogP contribution in [-0.2, 0) is 4.79 Å². The van der Waals surface area contributed by atoms with Gasteiger partial charge >= 0.3 is 0 Å². The Balaban J connectivity index is 1.59. The first-order valence-electron chi connectivity index (χ1n) is 10.5. The summed E-state index contributed by atoms with van der Waals surface area (Å²) in [6.07, 6.45) is 8.03. The van der Waals surface area contributed by atoms with Crippen molar-refractivity contribution >= 4 is 22.6 Å². The predicted molar refractivity (Wildman–Crippen MR) is 121 cm³/mol. The molecule has 1 aliphatic heterocycles. The zero-order valence-corrected chi connectivity index (χ0v) is 18.2. The van der Waals surface area contributed by atoms with Gasteiger partial charge in [-0.2, -0.15) is 0 Å². The molecule has 1 aliphatic carbocycles. The molecule has 5 rings (SSSR count). The average molecular weight is 432 g/mol.